The minimum absolute atomic E-state index is 0.0936. The molecule has 1 heterocycles. The summed E-state index contributed by atoms with van der Waals surface area (Å²) in [7, 11) is 0. The Morgan fingerprint density at radius 1 is 1.28 bits per heavy atom. The van der Waals surface area contributed by atoms with E-state index < -0.39 is 0 Å². The van der Waals surface area contributed by atoms with Gasteiger partial charge in [0.15, 0.2) is 0 Å². The van der Waals surface area contributed by atoms with Crippen molar-refractivity contribution in [2.75, 3.05) is 5.32 Å². The number of fused-ring (bicyclic) bond motifs is 1. The third-order valence-electron chi connectivity index (χ3n) is 3.75. The highest BCUT2D eigenvalue weighted by Crippen LogP contribution is 2.31. The lowest BCUT2D eigenvalue weighted by Gasteiger charge is -2.39. The molecule has 1 aromatic rings. The molecule has 1 amide bonds. The van der Waals surface area contributed by atoms with Crippen LogP contribution in [-0.4, -0.2) is 17.1 Å². The lowest BCUT2D eigenvalue weighted by molar-refractivity contribution is 0.0613. The lowest BCUT2D eigenvalue weighted by atomic mass is 9.89. The van der Waals surface area contributed by atoms with Crippen molar-refractivity contribution in [3.05, 3.63) is 42.0 Å². The molecular weight excluding hydrogens is 226 g/mol. The minimum atomic E-state index is -0.0997. The molecule has 1 aromatic carbocycles. The molecule has 0 radical (unpaired) electrons. The number of nitrogens with one attached hydrogen (secondary N) is 1. The van der Waals surface area contributed by atoms with Crippen LogP contribution in [0.3, 0.4) is 0 Å². The van der Waals surface area contributed by atoms with Crippen molar-refractivity contribution in [3.8, 4) is 0 Å². The first-order valence-corrected chi connectivity index (χ1v) is 6.36. The lowest BCUT2D eigenvalue weighted by Crippen LogP contribution is -2.56. The van der Waals surface area contributed by atoms with Gasteiger partial charge in [0.1, 0.15) is 6.17 Å². The van der Waals surface area contributed by atoms with Gasteiger partial charge in [-0.2, -0.15) is 0 Å². The van der Waals surface area contributed by atoms with E-state index in [1.54, 1.807) is 0 Å². The molecule has 2 atom stereocenters. The van der Waals surface area contributed by atoms with Gasteiger partial charge in [0.05, 0.1) is 5.56 Å². The van der Waals surface area contributed by atoms with Crippen molar-refractivity contribution in [1.29, 1.82) is 0 Å². The number of carbonyl (C=O) groups excluding carboxylic acids is 1. The summed E-state index contributed by atoms with van der Waals surface area (Å²) in [4.78, 5) is 12.2. The van der Waals surface area contributed by atoms with Gasteiger partial charge in [-0.1, -0.05) is 24.3 Å². The molecule has 94 valence electrons. The Morgan fingerprint density at radius 2 is 2.11 bits per heavy atom. The number of carbonyl (C=O) groups is 1. The highest BCUT2D eigenvalue weighted by Gasteiger charge is 2.34. The minimum Gasteiger partial charge on any atom is -0.363 e. The van der Waals surface area contributed by atoms with Gasteiger partial charge in [-0.25, -0.2) is 5.84 Å². The molecule has 0 saturated carbocycles. The van der Waals surface area contributed by atoms with E-state index in [9.17, 15) is 4.79 Å². The van der Waals surface area contributed by atoms with Crippen LogP contribution in [0.4, 0.5) is 5.69 Å². The maximum Gasteiger partial charge on any atom is 0.271 e. The zero-order valence-electron chi connectivity index (χ0n) is 10.2. The molecule has 0 spiro atoms. The Morgan fingerprint density at radius 3 is 2.89 bits per heavy atom. The summed E-state index contributed by atoms with van der Waals surface area (Å²) in [5, 5.41) is 4.75. The average Bonchev–Trinajstić information content (AvgIpc) is 2.44. The highest BCUT2D eigenvalue weighted by molar-refractivity contribution is 6.01. The van der Waals surface area contributed by atoms with Gasteiger partial charge >= 0.3 is 0 Å². The second-order valence-electron chi connectivity index (χ2n) is 4.89. The fraction of sp³-hybridized carbons (Fsp3) is 0.357. The Kier molecular flexibility index (Phi) is 2.80. The van der Waals surface area contributed by atoms with Crippen LogP contribution in [0.2, 0.25) is 0 Å². The summed E-state index contributed by atoms with van der Waals surface area (Å²) in [6.07, 6.45) is 7.37. The molecule has 0 aromatic heterocycles. The van der Waals surface area contributed by atoms with Gasteiger partial charge in [-0.3, -0.25) is 9.80 Å². The first-order chi connectivity index (χ1) is 8.77. The third kappa shape index (κ3) is 1.78. The summed E-state index contributed by atoms with van der Waals surface area (Å²) in [6, 6.07) is 7.53. The standard InChI is InChI=1S/C14H17N3O/c15-17-13(10-6-2-1-3-7-10)16-12-9-5-4-8-11(12)14(17)18/h1-2,4-5,8-10,13,16H,3,6-7,15H2/t10-,13-/m0/s1. The quantitative estimate of drug-likeness (QED) is 0.451. The van der Waals surface area contributed by atoms with Crippen LogP contribution in [0.15, 0.2) is 36.4 Å². The first-order valence-electron chi connectivity index (χ1n) is 6.36. The van der Waals surface area contributed by atoms with E-state index >= 15 is 0 Å². The first kappa shape index (κ1) is 11.3. The normalized spacial score (nSPS) is 26.7. The highest BCUT2D eigenvalue weighted by atomic mass is 16.2. The van der Waals surface area contributed by atoms with Crippen molar-refractivity contribution < 1.29 is 4.79 Å². The van der Waals surface area contributed by atoms with Crippen molar-refractivity contribution in [2.24, 2.45) is 11.8 Å². The smallest absolute Gasteiger partial charge is 0.271 e. The van der Waals surface area contributed by atoms with Crippen LogP contribution in [-0.2, 0) is 0 Å². The molecule has 3 rings (SSSR count). The zero-order chi connectivity index (χ0) is 12.5. The maximum atomic E-state index is 12.2. The number of rotatable bonds is 1. The summed E-state index contributed by atoms with van der Waals surface area (Å²) < 4.78 is 0. The molecule has 0 unspecified atom stereocenters. The second kappa shape index (κ2) is 4.46. The molecule has 1 aliphatic carbocycles. The Bertz CT molecular complexity index is 498. The number of hydrazine groups is 1. The van der Waals surface area contributed by atoms with Crippen LogP contribution < -0.4 is 11.2 Å². The number of allylic oxidation sites excluding steroid dienone is 2. The molecule has 18 heavy (non-hydrogen) atoms. The molecule has 1 aliphatic heterocycles. The Balaban J connectivity index is 1.90. The molecule has 3 N–H and O–H groups in total. The predicted octanol–water partition coefficient (Wildman–Crippen LogP) is 2.11. The molecule has 0 fully saturated rings. The van der Waals surface area contributed by atoms with Crippen LogP contribution in [0.25, 0.3) is 0 Å². The number of anilines is 1. The van der Waals surface area contributed by atoms with Crippen molar-refractivity contribution in [2.45, 2.75) is 25.4 Å². The second-order valence-corrected chi connectivity index (χ2v) is 4.89. The van der Waals surface area contributed by atoms with Gasteiger partial charge < -0.3 is 5.32 Å². The Hall–Kier alpha value is -1.81. The number of benzene rings is 1. The number of nitrogens with zero attached hydrogens (tertiary/aromatic N) is 1. The topological polar surface area (TPSA) is 58.4 Å². The fourth-order valence-corrected chi connectivity index (χ4v) is 2.74. The van der Waals surface area contributed by atoms with Gasteiger partial charge in [-0.05, 0) is 31.4 Å². The van der Waals surface area contributed by atoms with E-state index in [1.807, 2.05) is 24.3 Å². The molecule has 0 saturated heterocycles. The summed E-state index contributed by atoms with van der Waals surface area (Å²) in [6.45, 7) is 0. The monoisotopic (exact) mass is 243 g/mol. The molecule has 2 aliphatic rings. The van der Waals surface area contributed by atoms with Gasteiger partial charge in [0, 0.05) is 11.6 Å². The van der Waals surface area contributed by atoms with Crippen LogP contribution in [0.5, 0.6) is 0 Å². The summed E-state index contributed by atoms with van der Waals surface area (Å²) in [5.74, 6) is 6.26. The number of hydrogen-bond acceptors (Lipinski definition) is 3. The maximum absolute atomic E-state index is 12.2. The predicted molar refractivity (Wildman–Crippen MR) is 70.7 cm³/mol. The number of hydrogen-bond donors (Lipinski definition) is 2. The summed E-state index contributed by atoms with van der Waals surface area (Å²) >= 11 is 0. The van der Waals surface area contributed by atoms with Crippen molar-refractivity contribution in [3.63, 3.8) is 0 Å². The summed E-state index contributed by atoms with van der Waals surface area (Å²) in [5.41, 5.74) is 1.55. The van der Waals surface area contributed by atoms with Crippen molar-refractivity contribution in [1.82, 2.24) is 5.01 Å². The molecule has 0 bridgehead atoms. The van der Waals surface area contributed by atoms with Gasteiger partial charge in [-0.15, -0.1) is 0 Å². The van der Waals surface area contributed by atoms with E-state index in [1.165, 1.54) is 5.01 Å². The zero-order valence-corrected chi connectivity index (χ0v) is 10.2. The van der Waals surface area contributed by atoms with E-state index in [0.29, 0.717) is 11.5 Å². The van der Waals surface area contributed by atoms with Crippen molar-refractivity contribution >= 4 is 11.6 Å². The number of para-hydroxylation sites is 1. The molecular formula is C14H17N3O. The largest absolute Gasteiger partial charge is 0.363 e. The number of amides is 1. The van der Waals surface area contributed by atoms with Crippen LogP contribution in [0.1, 0.15) is 29.6 Å². The van der Waals surface area contributed by atoms with E-state index in [-0.39, 0.29) is 12.1 Å². The van der Waals surface area contributed by atoms with Gasteiger partial charge in [0.25, 0.3) is 5.91 Å². The van der Waals surface area contributed by atoms with Crippen LogP contribution >= 0.6 is 0 Å². The third-order valence-corrected chi connectivity index (χ3v) is 3.75. The average molecular weight is 243 g/mol. The molecule has 4 heteroatoms. The fourth-order valence-electron chi connectivity index (χ4n) is 2.74. The van der Waals surface area contributed by atoms with E-state index in [2.05, 4.69) is 17.5 Å². The SMILES string of the molecule is NN1C(=O)c2ccccc2N[C@@H]1[C@H]1CC=CCC1. The van der Waals surface area contributed by atoms with Crippen LogP contribution in [0, 0.1) is 5.92 Å². The molecule has 4 nitrogen and oxygen atoms in total. The van der Waals surface area contributed by atoms with Gasteiger partial charge in [0.2, 0.25) is 0 Å². The van der Waals surface area contributed by atoms with E-state index in [0.717, 1.165) is 24.9 Å². The Labute approximate surface area is 106 Å². The van der Waals surface area contributed by atoms with E-state index in [4.69, 9.17) is 5.84 Å². The number of nitrogens with two attached hydrogens (primary N) is 1.